The third-order valence-electron chi connectivity index (χ3n) is 7.60. The van der Waals surface area contributed by atoms with Gasteiger partial charge in [0.25, 0.3) is 0 Å². The number of aliphatic carboxylic acids is 1. The lowest BCUT2D eigenvalue weighted by Gasteiger charge is -2.47. The fourth-order valence-corrected chi connectivity index (χ4v) is 7.60. The van der Waals surface area contributed by atoms with Gasteiger partial charge in [-0.25, -0.2) is 9.59 Å². The van der Waals surface area contributed by atoms with Crippen LogP contribution in [0.15, 0.2) is 28.7 Å². The van der Waals surface area contributed by atoms with Crippen LogP contribution in [0.5, 0.6) is 5.75 Å². The second-order valence-corrected chi connectivity index (χ2v) is 11.6. The van der Waals surface area contributed by atoms with Crippen molar-refractivity contribution in [3.8, 4) is 16.2 Å². The van der Waals surface area contributed by atoms with Crippen LogP contribution in [0.4, 0.5) is 5.69 Å². The summed E-state index contributed by atoms with van der Waals surface area (Å²) in [6.07, 6.45) is 10.3. The topological polar surface area (TPSA) is 104 Å². The number of carbonyl (C=O) groups is 3. The monoisotopic (exact) mass is 577 g/mol. The first-order valence-electron chi connectivity index (χ1n) is 12.5. The molecule has 2 saturated carbocycles. The zero-order valence-corrected chi connectivity index (χ0v) is 22.8. The molecule has 0 spiro atoms. The van der Waals surface area contributed by atoms with Gasteiger partial charge in [-0.1, -0.05) is 50.7 Å². The van der Waals surface area contributed by atoms with Gasteiger partial charge >= 0.3 is 11.9 Å². The molecule has 0 saturated heterocycles. The Kier molecular flexibility index (Phi) is 8.40. The highest BCUT2D eigenvalue weighted by molar-refractivity contribution is 9.10. The lowest BCUT2D eigenvalue weighted by molar-refractivity contribution is -0.139. The van der Waals surface area contributed by atoms with Crippen molar-refractivity contribution in [2.75, 3.05) is 18.6 Å². The Morgan fingerprint density at radius 3 is 2.39 bits per heavy atom. The number of anilines is 1. The second kappa shape index (κ2) is 11.3. The van der Waals surface area contributed by atoms with Crippen molar-refractivity contribution < 1.29 is 29.3 Å². The van der Waals surface area contributed by atoms with E-state index in [9.17, 15) is 19.5 Å². The van der Waals surface area contributed by atoms with Crippen LogP contribution in [0.25, 0.3) is 10.4 Å². The Labute approximate surface area is 223 Å². The highest BCUT2D eigenvalue weighted by Crippen LogP contribution is 2.47. The Balaban J connectivity index is 1.69. The molecular weight excluding hydrogens is 546 g/mol. The summed E-state index contributed by atoms with van der Waals surface area (Å²) in [6, 6.07) is 7.77. The molecule has 0 unspecified atom stereocenters. The molecule has 194 valence electrons. The van der Waals surface area contributed by atoms with E-state index in [1.807, 2.05) is 31.3 Å². The molecule has 1 heterocycles. The predicted molar refractivity (Wildman–Crippen MR) is 143 cm³/mol. The van der Waals surface area contributed by atoms with E-state index < -0.39 is 24.1 Å². The fourth-order valence-electron chi connectivity index (χ4n) is 5.72. The molecule has 0 bridgehead atoms. The summed E-state index contributed by atoms with van der Waals surface area (Å²) in [5, 5.41) is 18.6. The molecule has 7 nitrogen and oxygen atoms in total. The third-order valence-corrected chi connectivity index (χ3v) is 9.82. The first-order valence-corrected chi connectivity index (χ1v) is 14.1. The summed E-state index contributed by atoms with van der Waals surface area (Å²) in [7, 11) is 2.01. The number of ketones is 1. The lowest BCUT2D eigenvalue weighted by Crippen LogP contribution is -2.56. The number of Topliss-reactive ketones (excluding diaryl/α,β-unsaturated/α-hetero) is 1. The van der Waals surface area contributed by atoms with Crippen LogP contribution in [0, 0.1) is 5.92 Å². The van der Waals surface area contributed by atoms with Gasteiger partial charge in [-0.3, -0.25) is 4.79 Å². The van der Waals surface area contributed by atoms with Crippen LogP contribution in [0.1, 0.15) is 73.9 Å². The first kappa shape index (κ1) is 26.7. The van der Waals surface area contributed by atoms with Crippen molar-refractivity contribution in [2.45, 2.75) is 69.7 Å². The van der Waals surface area contributed by atoms with Crippen LogP contribution in [-0.4, -0.2) is 47.1 Å². The van der Waals surface area contributed by atoms with E-state index in [1.54, 1.807) is 0 Å². The Morgan fingerprint density at radius 2 is 1.75 bits per heavy atom. The number of carboxylic acids is 2. The summed E-state index contributed by atoms with van der Waals surface area (Å²) in [5.41, 5.74) is 1.16. The van der Waals surface area contributed by atoms with Crippen LogP contribution in [0.2, 0.25) is 0 Å². The summed E-state index contributed by atoms with van der Waals surface area (Å²) >= 11 is 4.48. The van der Waals surface area contributed by atoms with E-state index in [2.05, 4.69) is 20.8 Å². The van der Waals surface area contributed by atoms with Gasteiger partial charge in [-0.15, -0.1) is 11.3 Å². The molecule has 1 aromatic heterocycles. The molecule has 2 fully saturated rings. The number of hydrogen-bond acceptors (Lipinski definition) is 6. The van der Waals surface area contributed by atoms with Crippen molar-refractivity contribution in [3.05, 3.63) is 33.6 Å². The molecule has 1 aromatic carbocycles. The number of nitrogens with zero attached hydrogens (tertiary/aromatic N) is 1. The van der Waals surface area contributed by atoms with E-state index in [0.29, 0.717) is 15.1 Å². The van der Waals surface area contributed by atoms with E-state index in [-0.39, 0.29) is 16.5 Å². The molecule has 0 radical (unpaired) electrons. The highest BCUT2D eigenvalue weighted by atomic mass is 79.9. The van der Waals surface area contributed by atoms with Crippen molar-refractivity contribution >= 4 is 50.7 Å². The Bertz CT molecular complexity index is 1130. The molecule has 0 atom stereocenters. The van der Waals surface area contributed by atoms with Crippen LogP contribution < -0.4 is 9.64 Å². The number of carboxylic acid groups (broad SMARTS) is 2. The van der Waals surface area contributed by atoms with Crippen LogP contribution in [-0.2, 0) is 9.59 Å². The van der Waals surface area contributed by atoms with Gasteiger partial charge in [-0.2, -0.15) is 0 Å². The average molecular weight is 579 g/mol. The smallest absolute Gasteiger partial charge is 0.349 e. The maximum atomic E-state index is 14.0. The van der Waals surface area contributed by atoms with Gasteiger partial charge in [-0.05, 0) is 59.3 Å². The minimum atomic E-state index is -1.19. The Morgan fingerprint density at radius 1 is 1.08 bits per heavy atom. The number of halogens is 1. The zero-order valence-electron chi connectivity index (χ0n) is 20.4. The highest BCUT2D eigenvalue weighted by Gasteiger charge is 2.46. The van der Waals surface area contributed by atoms with E-state index in [4.69, 9.17) is 9.84 Å². The minimum absolute atomic E-state index is 0.0138. The van der Waals surface area contributed by atoms with Crippen molar-refractivity contribution in [2.24, 2.45) is 5.92 Å². The normalized spacial score (nSPS) is 17.9. The standard InChI is InChI=1S/C27H32BrNO6S/c1-29(27(13-6-3-7-14-27)25(32)17-9-4-2-5-10-17)19-12-8-11-18(15-19)23-21(28)22(35-16-20(30)31)24(36-23)26(33)34/h8,11-12,15,17H,2-7,9-10,13-14,16H2,1H3,(H,30,31)(H,33,34). The summed E-state index contributed by atoms with van der Waals surface area (Å²) < 4.78 is 5.72. The molecule has 36 heavy (non-hydrogen) atoms. The van der Waals surface area contributed by atoms with Gasteiger partial charge in [0.2, 0.25) is 0 Å². The minimum Gasteiger partial charge on any atom is -0.479 e. The molecule has 0 amide bonds. The second-order valence-electron chi connectivity index (χ2n) is 9.79. The van der Waals surface area contributed by atoms with Crippen LogP contribution in [0.3, 0.4) is 0 Å². The molecule has 2 aliphatic rings. The van der Waals surface area contributed by atoms with E-state index in [1.165, 1.54) is 6.42 Å². The maximum Gasteiger partial charge on any atom is 0.349 e. The van der Waals surface area contributed by atoms with E-state index in [0.717, 1.165) is 80.4 Å². The third kappa shape index (κ3) is 5.32. The number of rotatable bonds is 9. The zero-order chi connectivity index (χ0) is 25.9. The summed E-state index contributed by atoms with van der Waals surface area (Å²) in [6.45, 7) is -0.635. The van der Waals surface area contributed by atoms with Gasteiger partial charge in [0, 0.05) is 18.7 Å². The lowest BCUT2D eigenvalue weighted by atomic mass is 9.70. The molecule has 4 rings (SSSR count). The number of ether oxygens (including phenoxy) is 1. The molecule has 2 N–H and O–H groups in total. The van der Waals surface area contributed by atoms with Crippen molar-refractivity contribution in [1.29, 1.82) is 0 Å². The Hall–Kier alpha value is -2.39. The maximum absolute atomic E-state index is 14.0. The summed E-state index contributed by atoms with van der Waals surface area (Å²) in [4.78, 5) is 39.5. The van der Waals surface area contributed by atoms with Gasteiger partial charge in [0.05, 0.1) is 14.9 Å². The molecule has 0 aliphatic heterocycles. The molecular formula is C27H32BrNO6S. The number of carbonyl (C=O) groups excluding carboxylic acids is 1. The molecule has 9 heteroatoms. The van der Waals surface area contributed by atoms with Gasteiger partial charge < -0.3 is 19.8 Å². The largest absolute Gasteiger partial charge is 0.479 e. The number of aromatic carboxylic acids is 1. The van der Waals surface area contributed by atoms with Crippen LogP contribution >= 0.6 is 27.3 Å². The number of hydrogen-bond donors (Lipinski definition) is 2. The number of thiophene rings is 1. The number of benzene rings is 1. The molecule has 2 aromatic rings. The SMILES string of the molecule is CN(c1cccc(-c2sc(C(=O)O)c(OCC(=O)O)c2Br)c1)C1(C(=O)C2CCCCC2)CCCCC1. The molecule has 2 aliphatic carbocycles. The quantitative estimate of drug-likeness (QED) is 0.344. The van der Waals surface area contributed by atoms with E-state index >= 15 is 0 Å². The fraction of sp³-hybridized carbons (Fsp3) is 0.519. The van der Waals surface area contributed by atoms with Gasteiger partial charge in [0.15, 0.2) is 23.0 Å². The number of likely N-dealkylation sites (N-methyl/N-ethyl adjacent to an activating group) is 1. The predicted octanol–water partition coefficient (Wildman–Crippen LogP) is 6.63. The van der Waals surface area contributed by atoms with Crippen molar-refractivity contribution in [3.63, 3.8) is 0 Å². The summed E-state index contributed by atoms with van der Waals surface area (Å²) in [5.74, 6) is -1.85. The average Bonchev–Trinajstić information content (AvgIpc) is 3.23. The first-order chi connectivity index (χ1) is 17.2. The van der Waals surface area contributed by atoms with Crippen molar-refractivity contribution in [1.82, 2.24) is 0 Å². The van der Waals surface area contributed by atoms with Gasteiger partial charge in [0.1, 0.15) is 0 Å².